The predicted molar refractivity (Wildman–Crippen MR) is 71.6 cm³/mol. The summed E-state index contributed by atoms with van der Waals surface area (Å²) in [5, 5.41) is 15.0. The van der Waals surface area contributed by atoms with Crippen molar-refractivity contribution in [3.8, 4) is 5.82 Å². The van der Waals surface area contributed by atoms with Crippen LogP contribution in [0, 0.1) is 6.92 Å². The van der Waals surface area contributed by atoms with Gasteiger partial charge in [-0.05, 0) is 19.1 Å². The van der Waals surface area contributed by atoms with Crippen LogP contribution in [-0.2, 0) is 4.79 Å². The number of carboxylic acid groups (broad SMARTS) is 1. The molecular weight excluding hydrogens is 264 g/mol. The molecule has 1 N–H and O–H groups in total. The Balaban J connectivity index is 2.20. The second-order valence-corrected chi connectivity index (χ2v) is 4.82. The van der Waals surface area contributed by atoms with Gasteiger partial charge in [0, 0.05) is 23.8 Å². The molecule has 3 aromatic heterocycles. The maximum atomic E-state index is 10.7. The normalized spacial score (nSPS) is 11.6. The van der Waals surface area contributed by atoms with Crippen LogP contribution in [0.1, 0.15) is 11.4 Å². The molecule has 0 saturated carbocycles. The quantitative estimate of drug-likeness (QED) is 0.741. The van der Waals surface area contributed by atoms with Crippen molar-refractivity contribution in [2.75, 3.05) is 0 Å². The smallest absolute Gasteiger partial charge is 0.328 e. The molecule has 0 fully saturated rings. The van der Waals surface area contributed by atoms with Crippen LogP contribution in [0.2, 0.25) is 0 Å². The Morgan fingerprint density at radius 1 is 1.47 bits per heavy atom. The van der Waals surface area contributed by atoms with E-state index in [0.29, 0.717) is 11.5 Å². The fourth-order valence-electron chi connectivity index (χ4n) is 1.80. The average Bonchev–Trinajstić information content (AvgIpc) is 3.00. The zero-order valence-electron chi connectivity index (χ0n) is 10.0. The number of aromatic nitrogens is 4. The summed E-state index contributed by atoms with van der Waals surface area (Å²) in [7, 11) is 0. The lowest BCUT2D eigenvalue weighted by molar-refractivity contribution is -0.131. The first kappa shape index (κ1) is 11.7. The van der Waals surface area contributed by atoms with E-state index < -0.39 is 5.97 Å². The molecule has 3 rings (SSSR count). The van der Waals surface area contributed by atoms with Crippen molar-refractivity contribution in [2.45, 2.75) is 6.92 Å². The zero-order valence-corrected chi connectivity index (χ0v) is 10.8. The van der Waals surface area contributed by atoms with E-state index in [1.807, 2.05) is 29.0 Å². The molecule has 0 aromatic carbocycles. The lowest BCUT2D eigenvalue weighted by atomic mass is 10.3. The minimum Gasteiger partial charge on any atom is -0.478 e. The van der Waals surface area contributed by atoms with Crippen molar-refractivity contribution < 1.29 is 9.90 Å². The molecule has 0 saturated heterocycles. The highest BCUT2D eigenvalue weighted by Crippen LogP contribution is 2.21. The van der Waals surface area contributed by atoms with Crippen LogP contribution in [0.4, 0.5) is 0 Å². The third-order valence-electron chi connectivity index (χ3n) is 2.60. The maximum Gasteiger partial charge on any atom is 0.328 e. The molecule has 6 nitrogen and oxygen atoms in total. The summed E-state index contributed by atoms with van der Waals surface area (Å²) in [6.45, 7) is 1.89. The standard InChI is InChI=1S/C12H10N4O2S/c1-8-4-5-16(14-8)11-9(2-3-10(17)18)15-6-7-19-12(15)13-11/h2-7H,1H3,(H,17,18). The molecule has 0 bridgehead atoms. The highest BCUT2D eigenvalue weighted by Gasteiger charge is 2.13. The monoisotopic (exact) mass is 274 g/mol. The number of rotatable bonds is 3. The summed E-state index contributed by atoms with van der Waals surface area (Å²) in [4.78, 5) is 16.0. The fraction of sp³-hybridized carbons (Fsp3) is 0.0833. The number of fused-ring (bicyclic) bond motifs is 1. The van der Waals surface area contributed by atoms with Crippen molar-refractivity contribution in [3.63, 3.8) is 0 Å². The molecular formula is C12H10N4O2S. The van der Waals surface area contributed by atoms with Gasteiger partial charge in [0.1, 0.15) is 0 Å². The van der Waals surface area contributed by atoms with Crippen molar-refractivity contribution in [2.24, 2.45) is 0 Å². The van der Waals surface area contributed by atoms with Crippen molar-refractivity contribution in [1.29, 1.82) is 0 Å². The Labute approximate surface area is 112 Å². The second-order valence-electron chi connectivity index (χ2n) is 3.95. The Hall–Kier alpha value is -2.41. The van der Waals surface area contributed by atoms with Crippen LogP contribution in [0.5, 0.6) is 0 Å². The summed E-state index contributed by atoms with van der Waals surface area (Å²) in [5.41, 5.74) is 1.58. The van der Waals surface area contributed by atoms with E-state index in [9.17, 15) is 4.79 Å². The van der Waals surface area contributed by atoms with E-state index in [4.69, 9.17) is 5.11 Å². The zero-order chi connectivity index (χ0) is 13.4. The summed E-state index contributed by atoms with van der Waals surface area (Å²) in [5.74, 6) is -0.370. The predicted octanol–water partition coefficient (Wildman–Crippen LogP) is 1.99. The van der Waals surface area contributed by atoms with Gasteiger partial charge in [0.25, 0.3) is 0 Å². The highest BCUT2D eigenvalue weighted by molar-refractivity contribution is 7.15. The first-order valence-electron chi connectivity index (χ1n) is 5.54. The van der Waals surface area contributed by atoms with Crippen LogP contribution < -0.4 is 0 Å². The molecule has 0 amide bonds. The van der Waals surface area contributed by atoms with E-state index >= 15 is 0 Å². The highest BCUT2D eigenvalue weighted by atomic mass is 32.1. The number of aliphatic carboxylic acids is 1. The van der Waals surface area contributed by atoms with Gasteiger partial charge in [0.15, 0.2) is 10.8 Å². The minimum atomic E-state index is -0.993. The summed E-state index contributed by atoms with van der Waals surface area (Å²) < 4.78 is 3.49. The number of carboxylic acids is 1. The van der Waals surface area contributed by atoms with E-state index in [1.54, 1.807) is 10.9 Å². The van der Waals surface area contributed by atoms with Gasteiger partial charge in [0.05, 0.1) is 11.4 Å². The number of nitrogens with zero attached hydrogens (tertiary/aromatic N) is 4. The van der Waals surface area contributed by atoms with Gasteiger partial charge >= 0.3 is 5.97 Å². The molecule has 0 unspecified atom stereocenters. The Bertz CT molecular complexity index is 781. The van der Waals surface area contributed by atoms with Gasteiger partial charge < -0.3 is 5.11 Å². The molecule has 3 aromatic rings. The van der Waals surface area contributed by atoms with Crippen LogP contribution >= 0.6 is 11.3 Å². The van der Waals surface area contributed by atoms with Crippen molar-refractivity contribution >= 4 is 28.3 Å². The van der Waals surface area contributed by atoms with Crippen LogP contribution in [-0.4, -0.2) is 30.2 Å². The molecule has 96 valence electrons. The van der Waals surface area contributed by atoms with Gasteiger partial charge in [-0.2, -0.15) is 10.1 Å². The van der Waals surface area contributed by atoms with Crippen molar-refractivity contribution in [3.05, 3.63) is 41.3 Å². The lowest BCUT2D eigenvalue weighted by Crippen LogP contribution is -1.99. The maximum absolute atomic E-state index is 10.7. The van der Waals surface area contributed by atoms with E-state index in [0.717, 1.165) is 16.7 Å². The van der Waals surface area contributed by atoms with Gasteiger partial charge in [0.2, 0.25) is 0 Å². The van der Waals surface area contributed by atoms with Crippen LogP contribution in [0.3, 0.4) is 0 Å². The van der Waals surface area contributed by atoms with Gasteiger partial charge in [-0.15, -0.1) is 11.3 Å². The average molecular weight is 274 g/mol. The lowest BCUT2D eigenvalue weighted by Gasteiger charge is -1.98. The largest absolute Gasteiger partial charge is 0.478 e. The first-order chi connectivity index (χ1) is 9.15. The van der Waals surface area contributed by atoms with E-state index in [-0.39, 0.29) is 0 Å². The first-order valence-corrected chi connectivity index (χ1v) is 6.42. The molecule has 0 aliphatic carbocycles. The number of carbonyl (C=O) groups is 1. The number of hydrogen-bond donors (Lipinski definition) is 1. The van der Waals surface area contributed by atoms with Crippen LogP contribution in [0.15, 0.2) is 29.9 Å². The van der Waals surface area contributed by atoms with Crippen LogP contribution in [0.25, 0.3) is 16.9 Å². The van der Waals surface area contributed by atoms with Gasteiger partial charge in [-0.3, -0.25) is 4.40 Å². The molecule has 0 spiro atoms. The molecule has 0 aliphatic rings. The minimum absolute atomic E-state index is 0.623. The van der Waals surface area contributed by atoms with Crippen molar-refractivity contribution in [1.82, 2.24) is 19.2 Å². The summed E-state index contributed by atoms with van der Waals surface area (Å²) >= 11 is 1.49. The third kappa shape index (κ3) is 2.04. The topological polar surface area (TPSA) is 72.4 Å². The fourth-order valence-corrected chi connectivity index (χ4v) is 2.51. The second kappa shape index (κ2) is 4.36. The third-order valence-corrected chi connectivity index (χ3v) is 3.36. The number of imidazole rings is 1. The molecule has 0 atom stereocenters. The molecule has 3 heterocycles. The van der Waals surface area contributed by atoms with Gasteiger partial charge in [-0.1, -0.05) is 0 Å². The summed E-state index contributed by atoms with van der Waals surface area (Å²) in [6.07, 6.45) is 6.29. The van der Waals surface area contributed by atoms with E-state index in [1.165, 1.54) is 17.4 Å². The van der Waals surface area contributed by atoms with Gasteiger partial charge in [-0.25, -0.2) is 9.48 Å². The molecule has 7 heteroatoms. The Morgan fingerprint density at radius 2 is 2.32 bits per heavy atom. The SMILES string of the molecule is Cc1ccn(-c2nc3sccn3c2C=CC(=O)O)n1. The molecule has 0 aliphatic heterocycles. The number of hydrogen-bond acceptors (Lipinski definition) is 4. The number of aryl methyl sites for hydroxylation is 1. The van der Waals surface area contributed by atoms with E-state index in [2.05, 4.69) is 10.1 Å². The summed E-state index contributed by atoms with van der Waals surface area (Å²) in [6, 6.07) is 1.87. The Kier molecular flexibility index (Phi) is 2.68. The molecule has 19 heavy (non-hydrogen) atoms. The Morgan fingerprint density at radius 3 is 3.00 bits per heavy atom. The number of thiazole rings is 1. The molecule has 0 radical (unpaired) electrons.